The maximum Gasteiger partial charge on any atom is 0.265 e. The second-order valence-corrected chi connectivity index (χ2v) is 4.87. The molecule has 0 aliphatic carbocycles. The third-order valence-electron chi connectivity index (χ3n) is 3.66. The maximum atomic E-state index is 12.5. The van der Waals surface area contributed by atoms with Crippen molar-refractivity contribution in [3.63, 3.8) is 0 Å². The van der Waals surface area contributed by atoms with E-state index in [-0.39, 0.29) is 11.9 Å². The van der Waals surface area contributed by atoms with Gasteiger partial charge < -0.3 is 15.0 Å². The zero-order valence-corrected chi connectivity index (χ0v) is 11.8. The molecular weight excluding hydrogens is 240 g/mol. The number of ether oxygens (including phenoxy) is 1. The second-order valence-electron chi connectivity index (χ2n) is 4.87. The monoisotopic (exact) mass is 262 g/mol. The van der Waals surface area contributed by atoms with Crippen molar-refractivity contribution in [2.75, 3.05) is 18.4 Å². The van der Waals surface area contributed by atoms with E-state index in [9.17, 15) is 4.79 Å². The lowest BCUT2D eigenvalue weighted by Crippen LogP contribution is -2.49. The number of nitrogens with zero attached hydrogens (tertiary/aromatic N) is 1. The van der Waals surface area contributed by atoms with E-state index in [2.05, 4.69) is 19.2 Å². The molecule has 0 spiro atoms. The number of benzene rings is 1. The van der Waals surface area contributed by atoms with Crippen LogP contribution in [0, 0.1) is 0 Å². The van der Waals surface area contributed by atoms with E-state index in [0.717, 1.165) is 24.4 Å². The van der Waals surface area contributed by atoms with E-state index in [1.165, 1.54) is 0 Å². The van der Waals surface area contributed by atoms with Crippen molar-refractivity contribution in [2.45, 2.75) is 39.3 Å². The maximum absolute atomic E-state index is 12.5. The van der Waals surface area contributed by atoms with Crippen LogP contribution in [0.25, 0.3) is 0 Å². The van der Waals surface area contributed by atoms with E-state index in [1.807, 2.05) is 36.1 Å². The Balaban J connectivity index is 2.09. The topological polar surface area (TPSA) is 41.6 Å². The Morgan fingerprint density at radius 2 is 2.21 bits per heavy atom. The van der Waals surface area contributed by atoms with Crippen LogP contribution in [0.2, 0.25) is 0 Å². The lowest BCUT2D eigenvalue weighted by Gasteiger charge is -2.33. The molecule has 2 atom stereocenters. The Kier molecular flexibility index (Phi) is 4.30. The molecule has 0 bridgehead atoms. The molecule has 19 heavy (non-hydrogen) atoms. The standard InChI is InChI=1S/C15H22N2O2/c1-4-11(3)17(5-2)15(18)14-10-16-12-8-6-7-9-13(12)19-14/h6-9,11,14,16H,4-5,10H2,1-3H3. The van der Waals surface area contributed by atoms with Crippen LogP contribution >= 0.6 is 0 Å². The van der Waals surface area contributed by atoms with Crippen LogP contribution in [-0.2, 0) is 4.79 Å². The highest BCUT2D eigenvalue weighted by Gasteiger charge is 2.30. The van der Waals surface area contributed by atoms with Crippen LogP contribution in [0.3, 0.4) is 0 Å². The zero-order chi connectivity index (χ0) is 13.8. The molecule has 1 amide bonds. The van der Waals surface area contributed by atoms with E-state index in [1.54, 1.807) is 0 Å². The highest BCUT2D eigenvalue weighted by atomic mass is 16.5. The molecule has 2 unspecified atom stereocenters. The molecular formula is C15H22N2O2. The molecule has 1 aromatic carbocycles. The number of para-hydroxylation sites is 2. The number of likely N-dealkylation sites (N-methyl/N-ethyl adjacent to an activating group) is 1. The molecule has 2 rings (SSSR count). The molecule has 0 aromatic heterocycles. The van der Waals surface area contributed by atoms with Gasteiger partial charge in [0, 0.05) is 12.6 Å². The minimum absolute atomic E-state index is 0.0684. The Bertz CT molecular complexity index is 448. The van der Waals surface area contributed by atoms with Crippen LogP contribution in [0.4, 0.5) is 5.69 Å². The van der Waals surface area contributed by atoms with E-state index in [0.29, 0.717) is 6.54 Å². The van der Waals surface area contributed by atoms with Gasteiger partial charge in [-0.25, -0.2) is 0 Å². The van der Waals surface area contributed by atoms with Crippen LogP contribution in [0.1, 0.15) is 27.2 Å². The summed E-state index contributed by atoms with van der Waals surface area (Å²) in [5, 5.41) is 3.26. The molecule has 104 valence electrons. The average molecular weight is 262 g/mol. The summed E-state index contributed by atoms with van der Waals surface area (Å²) in [6.45, 7) is 7.42. The number of carbonyl (C=O) groups is 1. The summed E-state index contributed by atoms with van der Waals surface area (Å²) in [6.07, 6.45) is 0.528. The highest BCUT2D eigenvalue weighted by molar-refractivity contribution is 5.83. The Hall–Kier alpha value is -1.71. The first kappa shape index (κ1) is 13.7. The van der Waals surface area contributed by atoms with Crippen LogP contribution in [0.15, 0.2) is 24.3 Å². The van der Waals surface area contributed by atoms with Crippen molar-refractivity contribution < 1.29 is 9.53 Å². The minimum atomic E-state index is -0.427. The molecule has 0 fully saturated rings. The molecule has 1 aromatic rings. The smallest absolute Gasteiger partial charge is 0.265 e. The molecule has 4 heteroatoms. The van der Waals surface area contributed by atoms with E-state index >= 15 is 0 Å². The van der Waals surface area contributed by atoms with Crippen molar-refractivity contribution in [1.82, 2.24) is 4.90 Å². The summed E-state index contributed by atoms with van der Waals surface area (Å²) < 4.78 is 5.82. The fourth-order valence-electron chi connectivity index (χ4n) is 2.34. The number of nitrogens with one attached hydrogen (secondary N) is 1. The first-order valence-electron chi connectivity index (χ1n) is 6.97. The zero-order valence-electron chi connectivity index (χ0n) is 11.8. The van der Waals surface area contributed by atoms with Crippen LogP contribution < -0.4 is 10.1 Å². The molecule has 1 heterocycles. The summed E-state index contributed by atoms with van der Waals surface area (Å²) in [5.41, 5.74) is 0.957. The van der Waals surface area contributed by atoms with Gasteiger partial charge in [-0.05, 0) is 32.4 Å². The highest BCUT2D eigenvalue weighted by Crippen LogP contribution is 2.28. The third-order valence-corrected chi connectivity index (χ3v) is 3.66. The van der Waals surface area contributed by atoms with Gasteiger partial charge in [-0.2, -0.15) is 0 Å². The van der Waals surface area contributed by atoms with Crippen molar-refractivity contribution >= 4 is 11.6 Å². The number of amides is 1. The van der Waals surface area contributed by atoms with E-state index < -0.39 is 6.10 Å². The van der Waals surface area contributed by atoms with Gasteiger partial charge in [-0.3, -0.25) is 4.79 Å². The number of rotatable bonds is 4. The number of anilines is 1. The molecule has 0 radical (unpaired) electrons. The molecule has 1 aliphatic heterocycles. The predicted octanol–water partition coefficient (Wildman–Crippen LogP) is 2.51. The summed E-state index contributed by atoms with van der Waals surface area (Å²) >= 11 is 0. The van der Waals surface area contributed by atoms with Crippen molar-refractivity contribution in [2.24, 2.45) is 0 Å². The largest absolute Gasteiger partial charge is 0.477 e. The molecule has 4 nitrogen and oxygen atoms in total. The van der Waals surface area contributed by atoms with Gasteiger partial charge in [0.05, 0.1) is 12.2 Å². The number of carbonyl (C=O) groups excluding carboxylic acids is 1. The van der Waals surface area contributed by atoms with Crippen LogP contribution in [0.5, 0.6) is 5.75 Å². The third kappa shape index (κ3) is 2.83. The summed E-state index contributed by atoms with van der Waals surface area (Å²) in [7, 11) is 0. The van der Waals surface area contributed by atoms with Gasteiger partial charge in [0.15, 0.2) is 6.10 Å². The fourth-order valence-corrected chi connectivity index (χ4v) is 2.34. The van der Waals surface area contributed by atoms with Crippen LogP contribution in [-0.4, -0.2) is 36.0 Å². The summed E-state index contributed by atoms with van der Waals surface area (Å²) in [6, 6.07) is 7.97. The van der Waals surface area contributed by atoms with Gasteiger partial charge in [-0.1, -0.05) is 19.1 Å². The van der Waals surface area contributed by atoms with Crippen molar-refractivity contribution in [3.8, 4) is 5.75 Å². The Labute approximate surface area is 114 Å². The fraction of sp³-hybridized carbons (Fsp3) is 0.533. The lowest BCUT2D eigenvalue weighted by molar-refractivity contribution is -0.140. The summed E-state index contributed by atoms with van der Waals surface area (Å²) in [5.74, 6) is 0.825. The number of hydrogen-bond donors (Lipinski definition) is 1. The molecule has 1 aliphatic rings. The van der Waals surface area contributed by atoms with Gasteiger partial charge in [0.25, 0.3) is 5.91 Å². The number of fused-ring (bicyclic) bond motifs is 1. The van der Waals surface area contributed by atoms with Gasteiger partial charge in [0.2, 0.25) is 0 Å². The van der Waals surface area contributed by atoms with Gasteiger partial charge in [0.1, 0.15) is 5.75 Å². The SMILES string of the molecule is CCC(C)N(CC)C(=O)C1CNc2ccccc2O1. The first-order chi connectivity index (χ1) is 9.17. The van der Waals surface area contributed by atoms with Gasteiger partial charge >= 0.3 is 0 Å². The molecule has 0 saturated heterocycles. The van der Waals surface area contributed by atoms with E-state index in [4.69, 9.17) is 4.74 Å². The quantitative estimate of drug-likeness (QED) is 0.906. The average Bonchev–Trinajstić information content (AvgIpc) is 2.47. The Morgan fingerprint density at radius 1 is 1.47 bits per heavy atom. The van der Waals surface area contributed by atoms with Crippen molar-refractivity contribution in [3.05, 3.63) is 24.3 Å². The first-order valence-corrected chi connectivity index (χ1v) is 6.97. The number of hydrogen-bond acceptors (Lipinski definition) is 3. The van der Waals surface area contributed by atoms with Gasteiger partial charge in [-0.15, -0.1) is 0 Å². The van der Waals surface area contributed by atoms with Crippen molar-refractivity contribution in [1.29, 1.82) is 0 Å². The normalized spacial score (nSPS) is 18.8. The predicted molar refractivity (Wildman–Crippen MR) is 76.5 cm³/mol. The lowest BCUT2D eigenvalue weighted by atomic mass is 10.1. The Morgan fingerprint density at radius 3 is 2.89 bits per heavy atom. The second kappa shape index (κ2) is 5.95. The minimum Gasteiger partial charge on any atom is -0.477 e. The molecule has 0 saturated carbocycles. The summed E-state index contributed by atoms with van der Waals surface area (Å²) in [4.78, 5) is 14.4. The molecule has 1 N–H and O–H groups in total.